The molecule has 0 aliphatic carbocycles. The Balaban J connectivity index is -0.0000000675. The molecule has 0 aliphatic rings. The molecule has 0 amide bonds. The molecule has 0 rings (SSSR count). The maximum absolute atomic E-state index is 3.76. The molecule has 0 fully saturated rings. The second-order valence-electron chi connectivity index (χ2n) is 7.17. The van der Waals surface area contributed by atoms with Crippen molar-refractivity contribution in [2.45, 2.75) is 99.3 Å². The Morgan fingerprint density at radius 2 is 0.696 bits per heavy atom. The van der Waals surface area contributed by atoms with Gasteiger partial charge in [-0.15, -0.1) is 0 Å². The summed E-state index contributed by atoms with van der Waals surface area (Å²) in [6, 6.07) is 0. The Morgan fingerprint density at radius 3 is 0.739 bits per heavy atom. The van der Waals surface area contributed by atoms with Gasteiger partial charge in [-0.25, -0.2) is 0 Å². The molecule has 0 unspecified atom stereocenters. The average molecular weight is 363 g/mol. The van der Waals surface area contributed by atoms with Crippen molar-refractivity contribution in [3.63, 3.8) is 0 Å². The smallest absolute Gasteiger partial charge is 0.412 e. The molecule has 23 heavy (non-hydrogen) atoms. The van der Waals surface area contributed by atoms with Crippen LogP contribution in [0.4, 0.5) is 0 Å². The van der Waals surface area contributed by atoms with E-state index in [1.807, 2.05) is 0 Å². The number of hydrogen-bond acceptors (Lipinski definition) is 0. The Hall–Kier alpha value is 0.674. The summed E-state index contributed by atoms with van der Waals surface area (Å²) in [5, 5.41) is 0. The van der Waals surface area contributed by atoms with Crippen LogP contribution in [0.3, 0.4) is 0 Å². The van der Waals surface area contributed by atoms with Crippen molar-refractivity contribution in [2.24, 2.45) is 17.8 Å². The van der Waals surface area contributed by atoms with Crippen molar-refractivity contribution in [1.29, 1.82) is 0 Å². The molecule has 0 aromatic heterocycles. The first kappa shape index (κ1) is 34.9. The van der Waals surface area contributed by atoms with Gasteiger partial charge in [0.25, 0.3) is 0 Å². The quantitative estimate of drug-likeness (QED) is 0.309. The average Bonchev–Trinajstić information content (AvgIpc) is 2.41. The molecule has 0 heterocycles. The number of unbranched alkanes of at least 4 members (excludes halogenated alkanes) is 3. The molecule has 0 bridgehead atoms. The fourth-order valence-electron chi connectivity index (χ4n) is 1.66. The van der Waals surface area contributed by atoms with Crippen LogP contribution in [-0.2, 0) is 21.7 Å². The SMILES string of the molecule is O.[CH2-]CCCC(C)C.[CH2-]CCCC(C)C.[CH2-]CCCC(C)C.[Ti+3]. The van der Waals surface area contributed by atoms with E-state index >= 15 is 0 Å². The van der Waals surface area contributed by atoms with Gasteiger partial charge in [0.2, 0.25) is 0 Å². The van der Waals surface area contributed by atoms with E-state index < -0.39 is 0 Å². The number of hydrogen-bond donors (Lipinski definition) is 0. The molecule has 1 nitrogen and oxygen atoms in total. The van der Waals surface area contributed by atoms with Crippen molar-refractivity contribution < 1.29 is 27.2 Å². The normalized spacial score (nSPS) is 9.39. The van der Waals surface area contributed by atoms with Crippen molar-refractivity contribution in [3.05, 3.63) is 20.8 Å². The van der Waals surface area contributed by atoms with Crippen LogP contribution in [0.1, 0.15) is 99.3 Å². The molecule has 0 aliphatic heterocycles. The maximum Gasteiger partial charge on any atom is 3.00 e. The first-order valence-electron chi connectivity index (χ1n) is 9.19. The van der Waals surface area contributed by atoms with E-state index in [0.29, 0.717) is 0 Å². The van der Waals surface area contributed by atoms with E-state index in [4.69, 9.17) is 0 Å². The van der Waals surface area contributed by atoms with Crippen LogP contribution in [0.25, 0.3) is 0 Å². The molecule has 0 aromatic carbocycles. The summed E-state index contributed by atoms with van der Waals surface area (Å²) in [4.78, 5) is 0. The van der Waals surface area contributed by atoms with Crippen molar-refractivity contribution in [2.75, 3.05) is 0 Å². The van der Waals surface area contributed by atoms with Gasteiger partial charge in [-0.05, 0) is 17.8 Å². The van der Waals surface area contributed by atoms with Crippen LogP contribution in [0, 0.1) is 38.5 Å². The molecular weight excluding hydrogens is 316 g/mol. The van der Waals surface area contributed by atoms with Gasteiger partial charge in [-0.1, -0.05) is 80.1 Å². The van der Waals surface area contributed by atoms with Crippen LogP contribution in [0.2, 0.25) is 0 Å². The summed E-state index contributed by atoms with van der Waals surface area (Å²) in [5.74, 6) is 2.59. The van der Waals surface area contributed by atoms with Gasteiger partial charge in [0.1, 0.15) is 0 Å². The van der Waals surface area contributed by atoms with Crippen LogP contribution in [0.5, 0.6) is 0 Å². The zero-order valence-electron chi connectivity index (χ0n) is 17.2. The van der Waals surface area contributed by atoms with Crippen molar-refractivity contribution in [1.82, 2.24) is 0 Å². The summed E-state index contributed by atoms with van der Waals surface area (Å²) >= 11 is 0. The molecule has 2 N–H and O–H groups in total. The fraction of sp³-hybridized carbons (Fsp3) is 0.857. The summed E-state index contributed by atoms with van der Waals surface area (Å²) < 4.78 is 0. The molecule has 0 saturated heterocycles. The zero-order valence-corrected chi connectivity index (χ0v) is 18.8. The minimum atomic E-state index is 0. The molecular formula is C21H47OTi. The molecule has 0 aromatic rings. The first-order chi connectivity index (χ1) is 9.81. The molecule has 0 spiro atoms. The second kappa shape index (κ2) is 30.5. The van der Waals surface area contributed by atoms with Crippen molar-refractivity contribution >= 4 is 0 Å². The molecule has 1 radical (unpaired) electrons. The van der Waals surface area contributed by atoms with Gasteiger partial charge < -0.3 is 26.2 Å². The topological polar surface area (TPSA) is 31.5 Å². The summed E-state index contributed by atoms with van der Waals surface area (Å²) in [6.07, 6.45) is 11.2. The Kier molecular flexibility index (Phi) is 46.4. The van der Waals surface area contributed by atoms with Gasteiger partial charge in [-0.2, -0.15) is 19.3 Å². The van der Waals surface area contributed by atoms with Gasteiger partial charge >= 0.3 is 21.7 Å². The molecule has 141 valence electrons. The van der Waals surface area contributed by atoms with Crippen molar-refractivity contribution in [3.8, 4) is 0 Å². The summed E-state index contributed by atoms with van der Waals surface area (Å²) in [6.45, 7) is 24.7. The standard InChI is InChI=1S/3C7H15.H2O.Ti/c3*1-4-5-6-7(2)3;;/h3*7H,1,4-6H2,2-3H3;1H2;/q3*-1;;+3. The van der Waals surface area contributed by atoms with Gasteiger partial charge in [0, 0.05) is 0 Å². The second-order valence-corrected chi connectivity index (χ2v) is 7.17. The minimum Gasteiger partial charge on any atom is -0.412 e. The summed E-state index contributed by atoms with van der Waals surface area (Å²) in [7, 11) is 0. The molecule has 0 atom stereocenters. The van der Waals surface area contributed by atoms with E-state index in [1.54, 1.807) is 0 Å². The predicted octanol–water partition coefficient (Wildman–Crippen LogP) is 7.11. The van der Waals surface area contributed by atoms with E-state index in [1.165, 1.54) is 38.5 Å². The van der Waals surface area contributed by atoms with E-state index in [-0.39, 0.29) is 27.2 Å². The minimum absolute atomic E-state index is 0. The zero-order chi connectivity index (χ0) is 17.1. The third-order valence-corrected chi connectivity index (χ3v) is 3.09. The van der Waals surface area contributed by atoms with E-state index in [2.05, 4.69) is 62.3 Å². The van der Waals surface area contributed by atoms with Crippen LogP contribution in [-0.4, -0.2) is 5.48 Å². The predicted molar refractivity (Wildman–Crippen MR) is 106 cm³/mol. The first-order valence-corrected chi connectivity index (χ1v) is 9.19. The fourth-order valence-corrected chi connectivity index (χ4v) is 1.66. The van der Waals surface area contributed by atoms with Crippen LogP contribution in [0.15, 0.2) is 0 Å². The Morgan fingerprint density at radius 1 is 0.522 bits per heavy atom. The maximum atomic E-state index is 3.76. The van der Waals surface area contributed by atoms with E-state index in [9.17, 15) is 0 Å². The van der Waals surface area contributed by atoms with E-state index in [0.717, 1.165) is 37.0 Å². The molecule has 2 heteroatoms. The van der Waals surface area contributed by atoms with Crippen LogP contribution >= 0.6 is 0 Å². The monoisotopic (exact) mass is 363 g/mol. The summed E-state index contributed by atoms with van der Waals surface area (Å²) in [5.41, 5.74) is 0. The molecule has 0 saturated carbocycles. The largest absolute Gasteiger partial charge is 3.00 e. The van der Waals surface area contributed by atoms with Crippen LogP contribution < -0.4 is 0 Å². The third-order valence-electron chi connectivity index (χ3n) is 3.09. The van der Waals surface area contributed by atoms with Gasteiger partial charge in [0.15, 0.2) is 0 Å². The Bertz CT molecular complexity index is 127. The van der Waals surface area contributed by atoms with Gasteiger partial charge in [0.05, 0.1) is 0 Å². The number of rotatable bonds is 9. The Labute approximate surface area is 165 Å². The third kappa shape index (κ3) is 60.3. The van der Waals surface area contributed by atoms with Gasteiger partial charge in [-0.3, -0.25) is 0 Å².